The van der Waals surface area contributed by atoms with E-state index < -0.39 is 17.9 Å². The maximum absolute atomic E-state index is 12.0. The maximum atomic E-state index is 12.0. The van der Waals surface area contributed by atoms with E-state index >= 15 is 0 Å². The molecular formula is C12H12ClN3O3. The molecule has 1 aliphatic heterocycles. The minimum atomic E-state index is -0.702. The van der Waals surface area contributed by atoms with Gasteiger partial charge in [-0.15, -0.1) is 0 Å². The van der Waals surface area contributed by atoms with Crippen molar-refractivity contribution in [3.63, 3.8) is 0 Å². The molecule has 0 spiro atoms. The second-order valence-electron chi connectivity index (χ2n) is 4.21. The molecule has 0 aromatic carbocycles. The molecule has 100 valence electrons. The van der Waals surface area contributed by atoms with Gasteiger partial charge in [-0.3, -0.25) is 24.3 Å². The van der Waals surface area contributed by atoms with Gasteiger partial charge in [-0.25, -0.2) is 0 Å². The first-order valence-electron chi connectivity index (χ1n) is 5.71. The summed E-state index contributed by atoms with van der Waals surface area (Å²) in [5.41, 5.74) is 0.205. The van der Waals surface area contributed by atoms with Gasteiger partial charge in [0.25, 0.3) is 11.8 Å². The van der Waals surface area contributed by atoms with Gasteiger partial charge in [0.15, 0.2) is 0 Å². The van der Waals surface area contributed by atoms with Gasteiger partial charge < -0.3 is 5.32 Å². The largest absolute Gasteiger partial charge is 0.340 e. The number of amides is 3. The van der Waals surface area contributed by atoms with Crippen molar-refractivity contribution in [2.24, 2.45) is 0 Å². The van der Waals surface area contributed by atoms with Crippen molar-refractivity contribution >= 4 is 29.3 Å². The van der Waals surface area contributed by atoms with Crippen LogP contribution in [0.2, 0.25) is 5.02 Å². The molecule has 6 nitrogen and oxygen atoms in total. The molecule has 1 aliphatic rings. The molecule has 1 aromatic heterocycles. The number of aromatic nitrogens is 1. The number of halogens is 1. The fourth-order valence-corrected chi connectivity index (χ4v) is 2.02. The van der Waals surface area contributed by atoms with E-state index in [1.807, 2.05) is 0 Å². The summed E-state index contributed by atoms with van der Waals surface area (Å²) in [4.78, 5) is 40.0. The Hall–Kier alpha value is -1.95. The average molecular weight is 282 g/mol. The van der Waals surface area contributed by atoms with E-state index in [0.717, 1.165) is 4.90 Å². The van der Waals surface area contributed by atoms with Crippen LogP contribution in [0.5, 0.6) is 0 Å². The Bertz CT molecular complexity index is 547. The number of likely N-dealkylation sites (N-methyl/N-ethyl adjacent to an activating group) is 1. The summed E-state index contributed by atoms with van der Waals surface area (Å²) in [6.07, 6.45) is 3.33. The van der Waals surface area contributed by atoms with Crippen LogP contribution in [0.1, 0.15) is 23.2 Å². The van der Waals surface area contributed by atoms with Gasteiger partial charge in [-0.1, -0.05) is 11.6 Å². The second kappa shape index (κ2) is 5.36. The molecule has 7 heteroatoms. The van der Waals surface area contributed by atoms with Crippen LogP contribution in [-0.2, 0) is 9.59 Å². The highest BCUT2D eigenvalue weighted by Gasteiger charge is 2.33. The number of nitrogens with zero attached hydrogens (tertiary/aromatic N) is 2. The Kier molecular flexibility index (Phi) is 3.80. The zero-order chi connectivity index (χ0) is 14.0. The van der Waals surface area contributed by atoms with Gasteiger partial charge in [-0.05, 0) is 12.5 Å². The topological polar surface area (TPSA) is 79.4 Å². The van der Waals surface area contributed by atoms with Crippen LogP contribution in [0.3, 0.4) is 0 Å². The smallest absolute Gasteiger partial charge is 0.255 e. The first kappa shape index (κ1) is 13.5. The molecule has 1 aromatic rings. The van der Waals surface area contributed by atoms with Gasteiger partial charge in [0.1, 0.15) is 6.04 Å². The summed E-state index contributed by atoms with van der Waals surface area (Å²) >= 11 is 5.87. The van der Waals surface area contributed by atoms with Crippen molar-refractivity contribution < 1.29 is 14.4 Å². The van der Waals surface area contributed by atoms with Crippen molar-refractivity contribution in [3.8, 4) is 0 Å². The number of nitrogens with one attached hydrogen (secondary N) is 1. The zero-order valence-corrected chi connectivity index (χ0v) is 11.0. The van der Waals surface area contributed by atoms with Crippen LogP contribution < -0.4 is 5.32 Å². The molecule has 0 radical (unpaired) electrons. The highest BCUT2D eigenvalue weighted by molar-refractivity contribution is 6.33. The highest BCUT2D eigenvalue weighted by Crippen LogP contribution is 2.16. The molecule has 2 rings (SSSR count). The number of imide groups is 1. The number of likely N-dealkylation sites (tertiary alicyclic amines) is 1. The quantitative estimate of drug-likeness (QED) is 0.806. The maximum Gasteiger partial charge on any atom is 0.255 e. The molecule has 19 heavy (non-hydrogen) atoms. The second-order valence-corrected chi connectivity index (χ2v) is 4.62. The van der Waals surface area contributed by atoms with Crippen LogP contribution in [0.25, 0.3) is 0 Å². The Morgan fingerprint density at radius 3 is 2.95 bits per heavy atom. The monoisotopic (exact) mass is 281 g/mol. The van der Waals surface area contributed by atoms with Gasteiger partial charge in [0.05, 0.1) is 10.6 Å². The number of rotatable bonds is 2. The van der Waals surface area contributed by atoms with Crippen molar-refractivity contribution in [3.05, 3.63) is 29.0 Å². The summed E-state index contributed by atoms with van der Waals surface area (Å²) in [6, 6.07) is 0.793. The lowest BCUT2D eigenvalue weighted by atomic mass is 10.0. The number of pyridine rings is 1. The van der Waals surface area contributed by atoms with Crippen molar-refractivity contribution in [2.45, 2.75) is 18.9 Å². The average Bonchev–Trinajstić information content (AvgIpc) is 2.40. The molecule has 1 fully saturated rings. The standard InChI is InChI=1S/C12H12ClN3O3/c1-16-10(17)3-2-9(12(16)19)15-11(18)7-6-14-5-4-8(7)13/h4-6,9H,2-3H2,1H3,(H,15,18). The van der Waals surface area contributed by atoms with Gasteiger partial charge >= 0.3 is 0 Å². The first-order valence-corrected chi connectivity index (χ1v) is 6.09. The third-order valence-corrected chi connectivity index (χ3v) is 3.30. The predicted molar refractivity (Wildman–Crippen MR) is 67.5 cm³/mol. The lowest BCUT2D eigenvalue weighted by molar-refractivity contribution is -0.147. The lowest BCUT2D eigenvalue weighted by Crippen LogP contribution is -2.52. The van der Waals surface area contributed by atoms with E-state index in [9.17, 15) is 14.4 Å². The van der Waals surface area contributed by atoms with E-state index in [1.165, 1.54) is 25.5 Å². The normalized spacial score (nSPS) is 19.5. The first-order chi connectivity index (χ1) is 9.00. The third-order valence-electron chi connectivity index (χ3n) is 2.97. The third kappa shape index (κ3) is 2.73. The number of hydrogen-bond acceptors (Lipinski definition) is 4. The number of hydrogen-bond donors (Lipinski definition) is 1. The Balaban J connectivity index is 2.10. The van der Waals surface area contributed by atoms with Gasteiger partial charge in [-0.2, -0.15) is 0 Å². The van der Waals surface area contributed by atoms with E-state index in [0.29, 0.717) is 6.42 Å². The summed E-state index contributed by atoms with van der Waals surface area (Å²) in [6.45, 7) is 0. The zero-order valence-electron chi connectivity index (χ0n) is 10.2. The molecule has 1 unspecified atom stereocenters. The molecule has 0 aliphatic carbocycles. The molecule has 2 heterocycles. The minimum Gasteiger partial charge on any atom is -0.340 e. The van der Waals surface area contributed by atoms with Crippen LogP contribution >= 0.6 is 11.6 Å². The highest BCUT2D eigenvalue weighted by atomic mass is 35.5. The molecule has 1 saturated heterocycles. The van der Waals surface area contributed by atoms with Crippen LogP contribution in [0.15, 0.2) is 18.5 Å². The molecule has 0 saturated carbocycles. The molecule has 1 atom stereocenters. The Labute approximate surface area is 114 Å². The summed E-state index contributed by atoms with van der Waals surface area (Å²) in [5.74, 6) is -1.13. The number of carbonyl (C=O) groups is 3. The van der Waals surface area contributed by atoms with E-state index in [-0.39, 0.29) is 22.9 Å². The van der Waals surface area contributed by atoms with Crippen LogP contribution in [-0.4, -0.2) is 40.7 Å². The Morgan fingerprint density at radius 1 is 1.53 bits per heavy atom. The van der Waals surface area contributed by atoms with E-state index in [1.54, 1.807) is 0 Å². The fourth-order valence-electron chi connectivity index (χ4n) is 1.83. The summed E-state index contributed by atoms with van der Waals surface area (Å²) < 4.78 is 0. The SMILES string of the molecule is CN1C(=O)CCC(NC(=O)c2cnccc2Cl)C1=O. The van der Waals surface area contributed by atoms with Gasteiger partial charge in [0, 0.05) is 25.9 Å². The van der Waals surface area contributed by atoms with Crippen LogP contribution in [0, 0.1) is 0 Å². The lowest BCUT2D eigenvalue weighted by Gasteiger charge is -2.28. The van der Waals surface area contributed by atoms with E-state index in [4.69, 9.17) is 11.6 Å². The number of piperidine rings is 1. The fraction of sp³-hybridized carbons (Fsp3) is 0.333. The summed E-state index contributed by atoms with van der Waals surface area (Å²) in [5, 5.41) is 2.83. The molecule has 1 N–H and O–H groups in total. The molecule has 3 amide bonds. The van der Waals surface area contributed by atoms with Gasteiger partial charge in [0.2, 0.25) is 5.91 Å². The van der Waals surface area contributed by atoms with E-state index in [2.05, 4.69) is 10.3 Å². The minimum absolute atomic E-state index is 0.205. The van der Waals surface area contributed by atoms with Crippen molar-refractivity contribution in [2.75, 3.05) is 7.05 Å². The van der Waals surface area contributed by atoms with Crippen LogP contribution in [0.4, 0.5) is 0 Å². The molecular weight excluding hydrogens is 270 g/mol. The predicted octanol–water partition coefficient (Wildman–Crippen LogP) is 0.612. The Morgan fingerprint density at radius 2 is 2.26 bits per heavy atom. The summed E-state index contributed by atoms with van der Waals surface area (Å²) in [7, 11) is 1.40. The van der Waals surface area contributed by atoms with Crippen molar-refractivity contribution in [1.29, 1.82) is 0 Å². The number of carbonyl (C=O) groups excluding carboxylic acids is 3. The molecule has 0 bridgehead atoms. The van der Waals surface area contributed by atoms with Crippen molar-refractivity contribution in [1.82, 2.24) is 15.2 Å².